The van der Waals surface area contributed by atoms with Gasteiger partial charge in [0.1, 0.15) is 0 Å². The molecule has 7 rings (SSSR count). The number of aryl methyl sites for hydroxylation is 1. The van der Waals surface area contributed by atoms with E-state index in [1.165, 1.54) is 50.6 Å². The van der Waals surface area contributed by atoms with Crippen molar-refractivity contribution in [1.82, 2.24) is 0 Å². The molecule has 5 aromatic rings. The number of carboxylic acid groups (broad SMARTS) is 1. The van der Waals surface area contributed by atoms with Crippen LogP contribution in [0.15, 0.2) is 115 Å². The average molecular weight is 551 g/mol. The summed E-state index contributed by atoms with van der Waals surface area (Å²) in [5, 5.41) is 13.5. The summed E-state index contributed by atoms with van der Waals surface area (Å²) in [7, 11) is 0. The molecule has 0 fully saturated rings. The van der Waals surface area contributed by atoms with Crippen molar-refractivity contribution in [3.05, 3.63) is 137 Å². The number of hydrogen-bond acceptors (Lipinski definition) is 1. The molecule has 2 heteroatoms. The van der Waals surface area contributed by atoms with Crippen molar-refractivity contribution >= 4 is 33.1 Å². The van der Waals surface area contributed by atoms with Gasteiger partial charge in [0.05, 0.1) is 5.56 Å². The van der Waals surface area contributed by atoms with Crippen LogP contribution in [0.1, 0.15) is 67.6 Å². The summed E-state index contributed by atoms with van der Waals surface area (Å²) < 4.78 is 0. The fraction of sp³-hybridized carbons (Fsp3) is 0.225. The Hall–Kier alpha value is -4.43. The highest BCUT2D eigenvalue weighted by Gasteiger charge is 2.36. The normalized spacial score (nSPS) is 16.4. The Bertz CT molecular complexity index is 1900. The largest absolute Gasteiger partial charge is 0.478 e. The quantitative estimate of drug-likeness (QED) is 0.237. The summed E-state index contributed by atoms with van der Waals surface area (Å²) in [6.45, 7) is 11.7. The van der Waals surface area contributed by atoms with E-state index in [1.54, 1.807) is 17.7 Å². The van der Waals surface area contributed by atoms with Gasteiger partial charge in [0, 0.05) is 0 Å². The lowest BCUT2D eigenvalue weighted by atomic mass is 9.64. The van der Waals surface area contributed by atoms with E-state index in [-0.39, 0.29) is 10.8 Å². The van der Waals surface area contributed by atoms with Crippen molar-refractivity contribution in [1.29, 1.82) is 0 Å². The van der Waals surface area contributed by atoms with Crippen LogP contribution in [0, 0.1) is 12.3 Å². The summed E-state index contributed by atoms with van der Waals surface area (Å²) in [4.78, 5) is 10.6. The molecule has 0 aliphatic heterocycles. The minimum Gasteiger partial charge on any atom is -0.478 e. The minimum absolute atomic E-state index is 0.140. The third-order valence-electron chi connectivity index (χ3n) is 8.79. The van der Waals surface area contributed by atoms with Crippen molar-refractivity contribution in [3.8, 4) is 11.1 Å². The van der Waals surface area contributed by atoms with E-state index in [9.17, 15) is 4.79 Å². The predicted octanol–water partition coefficient (Wildman–Crippen LogP) is 10.8. The maximum Gasteiger partial charge on any atom is 0.335 e. The SMILES string of the molecule is Cc1ccc(-c2cccc3c4c(ccc23)C2=C(CC(C)(C)C=C2)CC4(C)C)cc1.O=C(O)c1ccc2ccccc2c1. The van der Waals surface area contributed by atoms with Crippen LogP contribution in [0.4, 0.5) is 0 Å². The number of allylic oxidation sites excluding steroid dienone is 4. The Balaban J connectivity index is 0.000000203. The first kappa shape index (κ1) is 27.7. The molecule has 0 heterocycles. The van der Waals surface area contributed by atoms with Gasteiger partial charge in [0.2, 0.25) is 0 Å². The molecule has 1 N–H and O–H groups in total. The molecule has 2 aliphatic rings. The molecule has 0 spiro atoms. The van der Waals surface area contributed by atoms with Gasteiger partial charge in [-0.2, -0.15) is 0 Å². The first-order chi connectivity index (χ1) is 20.0. The van der Waals surface area contributed by atoms with Gasteiger partial charge in [-0.15, -0.1) is 0 Å². The molecular weight excluding hydrogens is 512 g/mol. The van der Waals surface area contributed by atoms with Crippen LogP contribution in [-0.2, 0) is 5.41 Å². The third kappa shape index (κ3) is 5.18. The van der Waals surface area contributed by atoms with E-state index in [4.69, 9.17) is 5.11 Å². The van der Waals surface area contributed by atoms with Gasteiger partial charge >= 0.3 is 5.97 Å². The molecule has 0 atom stereocenters. The molecule has 0 amide bonds. The predicted molar refractivity (Wildman–Crippen MR) is 177 cm³/mol. The second-order valence-electron chi connectivity index (χ2n) is 13.2. The summed E-state index contributed by atoms with van der Waals surface area (Å²) in [5.41, 5.74) is 10.7. The van der Waals surface area contributed by atoms with Gasteiger partial charge in [-0.25, -0.2) is 4.79 Å². The van der Waals surface area contributed by atoms with Crippen molar-refractivity contribution in [2.45, 2.75) is 52.9 Å². The van der Waals surface area contributed by atoms with Gasteiger partial charge in [-0.1, -0.05) is 136 Å². The minimum atomic E-state index is -0.884. The molecule has 2 nitrogen and oxygen atoms in total. The summed E-state index contributed by atoms with van der Waals surface area (Å²) in [6.07, 6.45) is 7.11. The molecule has 2 aliphatic carbocycles. The zero-order valence-electron chi connectivity index (χ0n) is 25.2. The van der Waals surface area contributed by atoms with Crippen LogP contribution in [0.25, 0.3) is 38.2 Å². The Morgan fingerprint density at radius 2 is 1.45 bits per heavy atom. The van der Waals surface area contributed by atoms with E-state index in [0.29, 0.717) is 5.56 Å². The number of aromatic carboxylic acids is 1. The van der Waals surface area contributed by atoms with Crippen molar-refractivity contribution < 1.29 is 9.90 Å². The Morgan fingerprint density at radius 1 is 0.714 bits per heavy atom. The van der Waals surface area contributed by atoms with E-state index in [2.05, 4.69) is 101 Å². The Kier molecular flexibility index (Phi) is 6.89. The first-order valence-electron chi connectivity index (χ1n) is 14.8. The first-order valence-corrected chi connectivity index (χ1v) is 14.8. The topological polar surface area (TPSA) is 37.3 Å². The van der Waals surface area contributed by atoms with E-state index >= 15 is 0 Å². The number of fused-ring (bicyclic) bond motifs is 5. The van der Waals surface area contributed by atoms with Crippen molar-refractivity contribution in [3.63, 3.8) is 0 Å². The molecule has 0 bridgehead atoms. The summed E-state index contributed by atoms with van der Waals surface area (Å²) >= 11 is 0. The monoisotopic (exact) mass is 550 g/mol. The lowest BCUT2D eigenvalue weighted by Crippen LogP contribution is -2.27. The van der Waals surface area contributed by atoms with E-state index < -0.39 is 5.97 Å². The molecule has 42 heavy (non-hydrogen) atoms. The summed E-state index contributed by atoms with van der Waals surface area (Å²) in [5.74, 6) is -0.884. The smallest absolute Gasteiger partial charge is 0.335 e. The molecule has 0 radical (unpaired) electrons. The molecule has 5 aromatic carbocycles. The zero-order chi connectivity index (χ0) is 29.6. The van der Waals surface area contributed by atoms with E-state index in [0.717, 1.165) is 17.2 Å². The molecule has 210 valence electrons. The average Bonchev–Trinajstić information content (AvgIpc) is 2.96. The molecule has 0 saturated carbocycles. The maximum absolute atomic E-state index is 10.6. The van der Waals surface area contributed by atoms with Gasteiger partial charge in [0.15, 0.2) is 0 Å². The molecule has 0 unspecified atom stereocenters. The van der Waals surface area contributed by atoms with Crippen molar-refractivity contribution in [2.24, 2.45) is 5.41 Å². The lowest BCUT2D eigenvalue weighted by molar-refractivity contribution is 0.0697. The standard InChI is InChI=1S/C29H30.C11H8O2/c1-19-9-11-20(12-10-19)22-7-6-8-25-24(22)13-14-26-23-15-16-28(2,3)17-21(23)18-29(4,5)27(25)26;12-11(13)10-6-5-8-3-1-2-4-9(8)7-10/h6-16H,17-18H2,1-5H3;1-7H,(H,12,13). The van der Waals surface area contributed by atoms with Gasteiger partial charge in [-0.05, 0) is 92.1 Å². The highest BCUT2D eigenvalue weighted by Crippen LogP contribution is 2.51. The second-order valence-corrected chi connectivity index (χ2v) is 13.2. The van der Waals surface area contributed by atoms with Gasteiger partial charge in [0.25, 0.3) is 0 Å². The van der Waals surface area contributed by atoms with Gasteiger partial charge < -0.3 is 5.11 Å². The Morgan fingerprint density at radius 3 is 2.19 bits per heavy atom. The maximum atomic E-state index is 10.6. The van der Waals surface area contributed by atoms with Crippen LogP contribution >= 0.6 is 0 Å². The fourth-order valence-corrected chi connectivity index (χ4v) is 6.81. The van der Waals surface area contributed by atoms with Crippen LogP contribution in [0.3, 0.4) is 0 Å². The Labute approximate surface area is 249 Å². The zero-order valence-corrected chi connectivity index (χ0v) is 25.2. The molecular formula is C40H38O2. The number of benzene rings is 5. The number of carbonyl (C=O) groups is 1. The highest BCUT2D eigenvalue weighted by atomic mass is 16.4. The molecule has 0 saturated heterocycles. The second kappa shape index (κ2) is 10.4. The van der Waals surface area contributed by atoms with Gasteiger partial charge in [-0.3, -0.25) is 0 Å². The fourth-order valence-electron chi connectivity index (χ4n) is 6.81. The number of hydrogen-bond donors (Lipinski definition) is 1. The van der Waals surface area contributed by atoms with Crippen LogP contribution in [0.5, 0.6) is 0 Å². The van der Waals surface area contributed by atoms with Crippen molar-refractivity contribution in [2.75, 3.05) is 0 Å². The van der Waals surface area contributed by atoms with E-state index in [1.807, 2.05) is 30.3 Å². The van der Waals surface area contributed by atoms with Crippen LogP contribution in [-0.4, -0.2) is 11.1 Å². The van der Waals surface area contributed by atoms with Crippen LogP contribution in [0.2, 0.25) is 0 Å². The third-order valence-corrected chi connectivity index (χ3v) is 8.79. The number of carboxylic acids is 1. The molecule has 0 aromatic heterocycles. The summed E-state index contributed by atoms with van der Waals surface area (Å²) in [6, 6.07) is 33.3. The lowest BCUT2D eigenvalue weighted by Gasteiger charge is -2.40. The van der Waals surface area contributed by atoms with Crippen LogP contribution < -0.4 is 0 Å². The number of rotatable bonds is 2. The highest BCUT2D eigenvalue weighted by molar-refractivity contribution is 6.02.